The van der Waals surface area contributed by atoms with Crippen molar-refractivity contribution in [2.75, 3.05) is 67.2 Å². The van der Waals surface area contributed by atoms with Gasteiger partial charge in [-0.3, -0.25) is 56.6 Å². The maximum atomic E-state index is 13.4. The SMILES string of the molecule is CC(=O)c1c(C)c2cnc(Nc3cc4ccn(C5CCNC5)c4cn3)nc2n(C2CCCC2)c1=O.CC(=O)c1c(C)c2cnc(Nc3cc4ccn(C5CCNCC5)c4cn3)nc2n(C2CCCC2)c1=O.CC(=O)c1c(C)c2cnc(Nc3ccc4c(ccn4CC4CCCN4)n3)nc2n(C2CCCC2)c1=O.CC(=O)c1c(C)c2cnc(Nc3ccc4c(ccn4CC4CCCOC4)n3)nc2n(C2CCCC2)c1=O. The molecule has 4 saturated heterocycles. The molecule has 8 fully saturated rings. The van der Waals surface area contributed by atoms with Crippen molar-refractivity contribution in [3.05, 3.63) is 209 Å². The number of nitrogens with zero attached hydrogens (tertiary/aromatic N) is 20. The van der Waals surface area contributed by atoms with E-state index in [1.54, 1.807) is 70.8 Å². The second kappa shape index (κ2) is 41.2. The largest absolute Gasteiger partial charge is 0.381 e. The lowest BCUT2D eigenvalue weighted by Crippen LogP contribution is -2.30. The Morgan fingerprint density at radius 1 is 0.354 bits per heavy atom. The van der Waals surface area contributed by atoms with E-state index < -0.39 is 0 Å². The molecular weight excluding hydrogens is 1820 g/mol. The third-order valence-corrected chi connectivity index (χ3v) is 30.8. The normalized spacial score (nSPS) is 18.2. The summed E-state index contributed by atoms with van der Waals surface area (Å²) in [7, 11) is 0. The van der Waals surface area contributed by atoms with Gasteiger partial charge in [0.2, 0.25) is 23.8 Å². The first-order valence-electron chi connectivity index (χ1n) is 51.4. The fourth-order valence-corrected chi connectivity index (χ4v) is 23.5. The Kier molecular flexibility index (Phi) is 27.4. The molecule has 0 bridgehead atoms. The molecule has 3 unspecified atom stereocenters. The first-order chi connectivity index (χ1) is 70.0. The van der Waals surface area contributed by atoms with Gasteiger partial charge in [0, 0.05) is 156 Å². The van der Waals surface area contributed by atoms with Crippen molar-refractivity contribution in [3.63, 3.8) is 0 Å². The molecule has 0 amide bonds. The number of aryl methyl sites for hydroxylation is 4. The summed E-state index contributed by atoms with van der Waals surface area (Å²) in [5, 5.41) is 28.4. The highest BCUT2D eigenvalue weighted by molar-refractivity contribution is 6.03. The summed E-state index contributed by atoms with van der Waals surface area (Å²) in [4.78, 5) is 159. The molecule has 4 aliphatic heterocycles. The van der Waals surface area contributed by atoms with Gasteiger partial charge in [0.05, 0.1) is 74.4 Å². The van der Waals surface area contributed by atoms with Gasteiger partial charge in [0.15, 0.2) is 23.1 Å². The molecule has 744 valence electrons. The number of anilines is 8. The number of aromatic nitrogens is 20. The van der Waals surface area contributed by atoms with Crippen molar-refractivity contribution in [1.82, 2.24) is 112 Å². The fraction of sp³-hybridized carbons (Fsp3) is 0.444. The first-order valence-corrected chi connectivity index (χ1v) is 51.4. The second-order valence-electron chi connectivity index (χ2n) is 40.2. The van der Waals surface area contributed by atoms with Gasteiger partial charge < -0.3 is 60.2 Å². The zero-order valence-electron chi connectivity index (χ0n) is 82.9. The van der Waals surface area contributed by atoms with E-state index in [0.717, 1.165) is 253 Å². The van der Waals surface area contributed by atoms with Crippen LogP contribution in [0.3, 0.4) is 0 Å². The Bertz CT molecular complexity index is 7950. The zero-order chi connectivity index (χ0) is 99.2. The summed E-state index contributed by atoms with van der Waals surface area (Å²) in [6, 6.07) is 21.9. The molecule has 24 rings (SSSR count). The number of ether oxygens (including phenoxy) is 1. The van der Waals surface area contributed by atoms with Crippen LogP contribution in [0, 0.1) is 33.6 Å². The van der Waals surface area contributed by atoms with Gasteiger partial charge in [0.25, 0.3) is 22.2 Å². The van der Waals surface area contributed by atoms with Crippen LogP contribution >= 0.6 is 0 Å². The van der Waals surface area contributed by atoms with Crippen LogP contribution in [-0.2, 0) is 17.8 Å². The third kappa shape index (κ3) is 19.1. The molecule has 0 aromatic carbocycles. The maximum absolute atomic E-state index is 13.4. The lowest BCUT2D eigenvalue weighted by atomic mass is 10.0. The van der Waals surface area contributed by atoms with Crippen LogP contribution < -0.4 is 59.5 Å². The van der Waals surface area contributed by atoms with Gasteiger partial charge >= 0.3 is 0 Å². The Morgan fingerprint density at radius 2 is 0.722 bits per heavy atom. The average molecular weight is 1940 g/mol. The monoisotopic (exact) mass is 1940 g/mol. The predicted molar refractivity (Wildman–Crippen MR) is 558 cm³/mol. The summed E-state index contributed by atoms with van der Waals surface area (Å²) in [5.41, 5.74) is 11.0. The Labute approximate surface area is 830 Å². The van der Waals surface area contributed by atoms with Crippen molar-refractivity contribution in [3.8, 4) is 0 Å². The van der Waals surface area contributed by atoms with Crippen LogP contribution in [0.5, 0.6) is 0 Å². The number of nitrogens with one attached hydrogen (secondary N) is 7. The number of hydrogen-bond donors (Lipinski definition) is 7. The number of fused-ring (bicyclic) bond motifs is 8. The Hall–Kier alpha value is -14.4. The first kappa shape index (κ1) is 95.8. The molecule has 144 heavy (non-hydrogen) atoms. The highest BCUT2D eigenvalue weighted by Gasteiger charge is 2.34. The predicted octanol–water partition coefficient (Wildman–Crippen LogP) is 17.7. The van der Waals surface area contributed by atoms with Gasteiger partial charge in [-0.25, -0.2) is 39.9 Å². The van der Waals surface area contributed by atoms with Crippen molar-refractivity contribution >= 4 is 158 Å². The molecule has 16 aromatic heterocycles. The minimum Gasteiger partial charge on any atom is -0.381 e. The van der Waals surface area contributed by atoms with Crippen LogP contribution in [0.2, 0.25) is 0 Å². The van der Waals surface area contributed by atoms with E-state index in [1.807, 2.05) is 48.8 Å². The summed E-state index contributed by atoms with van der Waals surface area (Å²) in [6.45, 7) is 21.7. The highest BCUT2D eigenvalue weighted by Crippen LogP contribution is 2.40. The summed E-state index contributed by atoms with van der Waals surface area (Å²) in [6.07, 6.45) is 42.9. The highest BCUT2D eigenvalue weighted by atomic mass is 16.5. The van der Waals surface area contributed by atoms with Crippen LogP contribution in [-0.4, -0.2) is 171 Å². The number of Topliss-reactive ketones (excluding diaryl/α,β-unsaturated/α-hetero) is 4. The topological polar surface area (TPSA) is 424 Å². The van der Waals surface area contributed by atoms with Gasteiger partial charge in [-0.05, 0) is 261 Å². The Balaban J connectivity index is 0.000000113. The Morgan fingerprint density at radius 3 is 1.08 bits per heavy atom. The molecule has 8 aliphatic rings. The molecule has 0 spiro atoms. The van der Waals surface area contributed by atoms with Gasteiger partial charge in [0.1, 0.15) is 45.9 Å². The standard InChI is InChI=1S/C28H32N6O3.2C27H31N7O2.C26H29N7O2/c1-17-21-14-29-28(32-26(21)34(20-7-3-4-8-20)27(36)25(17)18(2)35)31-24-10-9-23-22(30-24)11-12-33(23)15-19-6-5-13-37-16-19;1-16-20-14-29-27(32-25(20)34(19-7-3-4-8-19)26(36)24(16)17(2)35)31-23-10-9-22-21(30-23)11-13-33(22)15-18-6-5-12-28-18;1-16-21-14-30-27(32-25(21)34(20-5-3-4-6-20)26(36)24(16)17(2)35)31-23-13-18-9-12-33(22(18)15-29-23)19-7-10-28-11-8-19;1-15-20-13-29-26(31-24(20)33(18-5-3-4-6-18)25(35)23(15)16(2)34)30-22-11-17-8-10-32(21(17)14-28-22)19-7-9-27-12-19/h9-12,14,19-20H,3-8,13,15-16H2,1-2H3,(H,29,30,31,32);9-11,13-14,18-19,28H,3-8,12,15H2,1-2H3,(H,29,30,31,32);9,12-15,19-20,28H,3-8,10-11H2,1-2H3,(H,29,30,31,32);8,10-11,13-14,18-19,27H,3-7,9,12H2,1-2H3,(H,28,29,30,31). The average Bonchev–Trinajstić information content (AvgIpc) is 1.71. The number of carbonyl (C=O) groups is 4. The third-order valence-electron chi connectivity index (χ3n) is 30.8. The molecule has 16 aromatic rings. The number of ketones is 4. The molecule has 4 aliphatic carbocycles. The molecule has 0 radical (unpaired) electrons. The van der Waals surface area contributed by atoms with Crippen molar-refractivity contribution in [1.29, 1.82) is 0 Å². The van der Waals surface area contributed by atoms with Crippen LogP contribution in [0.25, 0.3) is 88.0 Å². The van der Waals surface area contributed by atoms with Gasteiger partial charge in [-0.2, -0.15) is 19.9 Å². The van der Waals surface area contributed by atoms with E-state index in [0.29, 0.717) is 116 Å². The summed E-state index contributed by atoms with van der Waals surface area (Å²) >= 11 is 0. The van der Waals surface area contributed by atoms with E-state index >= 15 is 0 Å². The van der Waals surface area contributed by atoms with E-state index in [-0.39, 0.29) is 91.8 Å². The maximum Gasteiger partial charge on any atom is 0.263 e. The van der Waals surface area contributed by atoms with E-state index in [1.165, 1.54) is 47.0 Å². The second-order valence-corrected chi connectivity index (χ2v) is 40.2. The number of rotatable bonds is 22. The van der Waals surface area contributed by atoms with Crippen LogP contribution in [0.4, 0.5) is 47.1 Å². The van der Waals surface area contributed by atoms with Crippen molar-refractivity contribution in [2.24, 2.45) is 5.92 Å². The molecule has 36 nitrogen and oxygen atoms in total. The zero-order valence-corrected chi connectivity index (χ0v) is 82.9. The molecule has 36 heteroatoms. The number of hydrogen-bond acceptors (Lipinski definition) is 28. The minimum atomic E-state index is -0.252. The fourth-order valence-electron chi connectivity index (χ4n) is 23.5. The van der Waals surface area contributed by atoms with Crippen LogP contribution in [0.15, 0.2) is 142 Å². The summed E-state index contributed by atoms with van der Waals surface area (Å²) in [5.74, 6) is 3.73. The number of carbonyl (C=O) groups excluding carboxylic acids is 4. The number of pyridine rings is 8. The van der Waals surface area contributed by atoms with E-state index in [2.05, 4.69) is 134 Å². The molecule has 4 saturated carbocycles. The smallest absolute Gasteiger partial charge is 0.263 e. The molecule has 20 heterocycles. The molecule has 7 N–H and O–H groups in total. The van der Waals surface area contributed by atoms with Crippen molar-refractivity contribution < 1.29 is 23.9 Å². The lowest BCUT2D eigenvalue weighted by Gasteiger charge is -2.25. The van der Waals surface area contributed by atoms with Gasteiger partial charge in [-0.15, -0.1) is 0 Å². The molecule has 3 atom stereocenters. The van der Waals surface area contributed by atoms with Crippen LogP contribution in [0.1, 0.15) is 275 Å². The molecular formula is C108H123N27O9. The van der Waals surface area contributed by atoms with Gasteiger partial charge in [-0.1, -0.05) is 51.4 Å². The summed E-state index contributed by atoms with van der Waals surface area (Å²) < 4.78 is 21.7. The lowest BCUT2D eigenvalue weighted by molar-refractivity contribution is 0.0488. The quantitative estimate of drug-likeness (QED) is 0.0310. The van der Waals surface area contributed by atoms with E-state index in [9.17, 15) is 38.4 Å². The van der Waals surface area contributed by atoms with Crippen molar-refractivity contribution in [2.45, 2.75) is 258 Å². The van der Waals surface area contributed by atoms with E-state index in [4.69, 9.17) is 34.6 Å². The minimum absolute atomic E-state index is 0.0419. The number of piperidine rings is 1.